The average Bonchev–Trinajstić information content (AvgIpc) is 2.01. The quantitative estimate of drug-likeness (QED) is 0.677. The normalized spacial score (nSPS) is 11.1. The molecule has 0 saturated carbocycles. The van der Waals surface area contributed by atoms with E-state index in [1.807, 2.05) is 0 Å². The van der Waals surface area contributed by atoms with E-state index in [2.05, 4.69) is 9.97 Å². The van der Waals surface area contributed by atoms with E-state index in [9.17, 15) is 4.79 Å². The molecule has 1 aromatic heterocycles. The third-order valence-electron chi connectivity index (χ3n) is 1.32. The van der Waals surface area contributed by atoms with E-state index in [1.54, 1.807) is 20.8 Å². The fourth-order valence-electron chi connectivity index (χ4n) is 0.832. The van der Waals surface area contributed by atoms with E-state index in [1.165, 1.54) is 12.4 Å². The Kier molecular flexibility index (Phi) is 2.69. The molecule has 0 aliphatic rings. The molecule has 14 heavy (non-hydrogen) atoms. The largest absolute Gasteiger partial charge is 0.455 e. The van der Waals surface area contributed by atoms with Crippen molar-refractivity contribution in [3.05, 3.63) is 18.1 Å². The average molecular weight is 195 g/mol. The highest BCUT2D eigenvalue weighted by molar-refractivity contribution is 5.91. The first-order valence-corrected chi connectivity index (χ1v) is 4.20. The van der Waals surface area contributed by atoms with Crippen molar-refractivity contribution in [1.29, 1.82) is 0 Å². The van der Waals surface area contributed by atoms with Gasteiger partial charge < -0.3 is 10.5 Å². The highest BCUT2D eigenvalue weighted by Crippen LogP contribution is 2.12. The number of nitrogens with zero attached hydrogens (tertiary/aromatic N) is 2. The van der Waals surface area contributed by atoms with Gasteiger partial charge in [-0.2, -0.15) is 0 Å². The summed E-state index contributed by atoms with van der Waals surface area (Å²) in [5, 5.41) is 0. The summed E-state index contributed by atoms with van der Waals surface area (Å²) in [6.45, 7) is 5.33. The molecule has 2 N–H and O–H groups in total. The maximum absolute atomic E-state index is 11.5. The summed E-state index contributed by atoms with van der Waals surface area (Å²) in [6, 6.07) is 0. The molecule has 0 amide bonds. The van der Waals surface area contributed by atoms with E-state index < -0.39 is 11.6 Å². The molecule has 1 rings (SSSR count). The van der Waals surface area contributed by atoms with E-state index in [0.29, 0.717) is 0 Å². The molecule has 0 aromatic carbocycles. The molecule has 0 atom stereocenters. The highest BCUT2D eigenvalue weighted by Gasteiger charge is 2.20. The van der Waals surface area contributed by atoms with Gasteiger partial charge in [0.1, 0.15) is 5.60 Å². The summed E-state index contributed by atoms with van der Waals surface area (Å²) < 4.78 is 5.08. The monoisotopic (exact) mass is 195 g/mol. The Morgan fingerprint density at radius 2 is 1.93 bits per heavy atom. The molecule has 5 nitrogen and oxygen atoms in total. The van der Waals surface area contributed by atoms with Gasteiger partial charge in [-0.1, -0.05) is 0 Å². The predicted octanol–water partition coefficient (Wildman–Crippen LogP) is 1.01. The zero-order valence-corrected chi connectivity index (χ0v) is 8.44. The molecule has 1 heterocycles. The standard InChI is InChI=1S/C9H13N3O2/c1-9(2,3)14-8(13)6-7(10)12-5-4-11-6/h4-5H,1-3H3,(H2,10,12). The number of nitrogens with two attached hydrogens (primary N) is 1. The number of ether oxygens (including phenoxy) is 1. The Bertz CT molecular complexity index is 344. The maximum atomic E-state index is 11.5. The number of esters is 1. The maximum Gasteiger partial charge on any atom is 0.361 e. The van der Waals surface area contributed by atoms with Crippen LogP contribution in [0.3, 0.4) is 0 Å². The second-order valence-corrected chi connectivity index (χ2v) is 3.79. The van der Waals surface area contributed by atoms with Crippen molar-refractivity contribution < 1.29 is 9.53 Å². The molecule has 5 heteroatoms. The lowest BCUT2D eigenvalue weighted by Crippen LogP contribution is -2.25. The van der Waals surface area contributed by atoms with Crippen LogP contribution < -0.4 is 5.73 Å². The van der Waals surface area contributed by atoms with Crippen molar-refractivity contribution in [3.63, 3.8) is 0 Å². The van der Waals surface area contributed by atoms with Gasteiger partial charge in [0.25, 0.3) is 0 Å². The van der Waals surface area contributed by atoms with Crippen molar-refractivity contribution in [2.75, 3.05) is 5.73 Å². The van der Waals surface area contributed by atoms with Crippen molar-refractivity contribution in [2.45, 2.75) is 26.4 Å². The Labute approximate surface area is 82.3 Å². The van der Waals surface area contributed by atoms with Crippen LogP contribution in [0.1, 0.15) is 31.3 Å². The van der Waals surface area contributed by atoms with Crippen LogP contribution in [0.4, 0.5) is 5.82 Å². The van der Waals surface area contributed by atoms with Crippen LogP contribution in [0.2, 0.25) is 0 Å². The van der Waals surface area contributed by atoms with Gasteiger partial charge in [0.2, 0.25) is 0 Å². The minimum Gasteiger partial charge on any atom is -0.455 e. The van der Waals surface area contributed by atoms with Gasteiger partial charge in [-0.25, -0.2) is 14.8 Å². The van der Waals surface area contributed by atoms with E-state index in [0.717, 1.165) is 0 Å². The molecule has 0 bridgehead atoms. The summed E-state index contributed by atoms with van der Waals surface area (Å²) in [4.78, 5) is 19.0. The predicted molar refractivity (Wildman–Crippen MR) is 51.6 cm³/mol. The number of hydrogen-bond donors (Lipinski definition) is 1. The Morgan fingerprint density at radius 3 is 2.43 bits per heavy atom. The fraction of sp³-hybridized carbons (Fsp3) is 0.444. The molecule has 1 aromatic rings. The van der Waals surface area contributed by atoms with Crippen molar-refractivity contribution in [2.24, 2.45) is 0 Å². The summed E-state index contributed by atoms with van der Waals surface area (Å²) in [5.74, 6) is -0.468. The number of aromatic nitrogens is 2. The van der Waals surface area contributed by atoms with Crippen LogP contribution in [-0.2, 0) is 4.74 Å². The van der Waals surface area contributed by atoms with Gasteiger partial charge in [0, 0.05) is 12.4 Å². The smallest absolute Gasteiger partial charge is 0.361 e. The lowest BCUT2D eigenvalue weighted by molar-refractivity contribution is 0.00638. The first-order chi connectivity index (χ1) is 6.40. The van der Waals surface area contributed by atoms with Crippen molar-refractivity contribution in [1.82, 2.24) is 9.97 Å². The Morgan fingerprint density at radius 1 is 1.36 bits per heavy atom. The van der Waals surface area contributed by atoms with E-state index >= 15 is 0 Å². The number of nitrogen functional groups attached to an aromatic ring is 1. The van der Waals surface area contributed by atoms with Gasteiger partial charge >= 0.3 is 5.97 Å². The zero-order chi connectivity index (χ0) is 10.8. The second kappa shape index (κ2) is 3.61. The second-order valence-electron chi connectivity index (χ2n) is 3.79. The molecular weight excluding hydrogens is 182 g/mol. The zero-order valence-electron chi connectivity index (χ0n) is 8.44. The van der Waals surface area contributed by atoms with Crippen molar-refractivity contribution in [3.8, 4) is 0 Å². The van der Waals surface area contributed by atoms with Gasteiger partial charge in [-0.3, -0.25) is 0 Å². The number of carbonyl (C=O) groups is 1. The van der Waals surface area contributed by atoms with Gasteiger partial charge in [-0.05, 0) is 20.8 Å². The van der Waals surface area contributed by atoms with Gasteiger partial charge in [-0.15, -0.1) is 0 Å². The van der Waals surface area contributed by atoms with Gasteiger partial charge in [0.05, 0.1) is 0 Å². The Hall–Kier alpha value is -1.65. The van der Waals surface area contributed by atoms with Crippen LogP contribution >= 0.6 is 0 Å². The molecular formula is C9H13N3O2. The summed E-state index contributed by atoms with van der Waals surface area (Å²) in [7, 11) is 0. The molecule has 0 aliphatic heterocycles. The number of hydrogen-bond acceptors (Lipinski definition) is 5. The lowest BCUT2D eigenvalue weighted by Gasteiger charge is -2.19. The van der Waals surface area contributed by atoms with Crippen LogP contribution in [0.25, 0.3) is 0 Å². The van der Waals surface area contributed by atoms with Gasteiger partial charge in [0.15, 0.2) is 11.5 Å². The van der Waals surface area contributed by atoms with Crippen LogP contribution in [0.5, 0.6) is 0 Å². The van der Waals surface area contributed by atoms with E-state index in [-0.39, 0.29) is 11.5 Å². The Balaban J connectivity index is 2.86. The third kappa shape index (κ3) is 2.69. The molecule has 0 radical (unpaired) electrons. The molecule has 0 fully saturated rings. The van der Waals surface area contributed by atoms with Crippen LogP contribution in [0.15, 0.2) is 12.4 Å². The summed E-state index contributed by atoms with van der Waals surface area (Å²) >= 11 is 0. The topological polar surface area (TPSA) is 78.1 Å². The first-order valence-electron chi connectivity index (χ1n) is 4.20. The molecule has 0 spiro atoms. The molecule has 0 unspecified atom stereocenters. The highest BCUT2D eigenvalue weighted by atomic mass is 16.6. The molecule has 0 saturated heterocycles. The fourth-order valence-corrected chi connectivity index (χ4v) is 0.832. The lowest BCUT2D eigenvalue weighted by atomic mass is 10.2. The van der Waals surface area contributed by atoms with E-state index in [4.69, 9.17) is 10.5 Å². The third-order valence-corrected chi connectivity index (χ3v) is 1.32. The van der Waals surface area contributed by atoms with Crippen LogP contribution in [-0.4, -0.2) is 21.5 Å². The minimum absolute atomic E-state index is 0.0578. The molecule has 0 aliphatic carbocycles. The minimum atomic E-state index is -0.555. The number of anilines is 1. The van der Waals surface area contributed by atoms with Crippen LogP contribution in [0, 0.1) is 0 Å². The SMILES string of the molecule is CC(C)(C)OC(=O)c1nccnc1N. The first kappa shape index (κ1) is 10.4. The summed E-state index contributed by atoms with van der Waals surface area (Å²) in [5.41, 5.74) is 4.97. The number of carbonyl (C=O) groups excluding carboxylic acids is 1. The van der Waals surface area contributed by atoms with Crippen molar-refractivity contribution >= 4 is 11.8 Å². The molecule has 76 valence electrons. The summed E-state index contributed by atoms with van der Waals surface area (Å²) in [6.07, 6.45) is 2.82. The number of rotatable bonds is 1.